The molecule has 0 spiro atoms. The van der Waals surface area contributed by atoms with Crippen LogP contribution >= 0.6 is 0 Å². The number of benzene rings is 1. The van der Waals surface area contributed by atoms with Gasteiger partial charge >= 0.3 is 6.09 Å². The van der Waals surface area contributed by atoms with E-state index in [1.165, 1.54) is 4.90 Å². The van der Waals surface area contributed by atoms with E-state index >= 15 is 0 Å². The molecular weight excluding hydrogens is 396 g/mol. The molecule has 2 aliphatic rings. The molecule has 1 saturated heterocycles. The van der Waals surface area contributed by atoms with Crippen LogP contribution in [-0.2, 0) is 0 Å². The number of nitrogens with two attached hydrogens (primary N) is 1. The number of carboxylic acid groups (broad SMARTS) is 1. The molecule has 1 unspecified atom stereocenters. The van der Waals surface area contributed by atoms with Gasteiger partial charge in [-0.05, 0) is 49.3 Å². The maximum atomic E-state index is 12.8. The molecule has 2 heterocycles. The van der Waals surface area contributed by atoms with E-state index in [4.69, 9.17) is 10.8 Å². The van der Waals surface area contributed by atoms with Crippen molar-refractivity contribution in [2.75, 3.05) is 18.8 Å². The van der Waals surface area contributed by atoms with E-state index < -0.39 is 6.09 Å². The average molecular weight is 425 g/mol. The van der Waals surface area contributed by atoms with Gasteiger partial charge < -0.3 is 26.2 Å². The van der Waals surface area contributed by atoms with Crippen molar-refractivity contribution in [3.63, 3.8) is 0 Å². The Kier molecular flexibility index (Phi) is 6.08. The number of hydrogen-bond acceptors (Lipinski definition) is 5. The molecule has 1 aromatic heterocycles. The van der Waals surface area contributed by atoms with Gasteiger partial charge in [-0.1, -0.05) is 24.3 Å². The quantitative estimate of drug-likeness (QED) is 0.597. The summed E-state index contributed by atoms with van der Waals surface area (Å²) in [5.41, 5.74) is 9.14. The van der Waals surface area contributed by atoms with Crippen LogP contribution in [0.1, 0.15) is 53.9 Å². The lowest BCUT2D eigenvalue weighted by Crippen LogP contribution is -2.38. The highest BCUT2D eigenvalue weighted by atomic mass is 16.4. The van der Waals surface area contributed by atoms with Gasteiger partial charge in [0.2, 0.25) is 0 Å². The lowest BCUT2D eigenvalue weighted by molar-refractivity contribution is 0.0868. The second-order valence-corrected chi connectivity index (χ2v) is 8.47. The topological polar surface area (TPSA) is 129 Å². The number of amides is 2. The first-order valence-corrected chi connectivity index (χ1v) is 10.7. The number of aromatic nitrogens is 1. The number of aliphatic hydroxyl groups is 1. The van der Waals surface area contributed by atoms with Crippen LogP contribution < -0.4 is 11.1 Å². The smallest absolute Gasteiger partial charge is 0.407 e. The predicted octanol–water partition coefficient (Wildman–Crippen LogP) is 2.83. The number of carbonyl (C=O) groups excluding carboxylic acids is 1. The first-order valence-electron chi connectivity index (χ1n) is 10.7. The SMILES string of the molecule is Nc1ncc(-c2ccc(C3CCN(C(=O)O)C3)cc2)cc1C(=O)NC1CCC(O)CC1. The van der Waals surface area contributed by atoms with Crippen molar-refractivity contribution >= 4 is 17.8 Å². The Bertz CT molecular complexity index is 955. The number of anilines is 1. The summed E-state index contributed by atoms with van der Waals surface area (Å²) in [5.74, 6) is 0.142. The van der Waals surface area contributed by atoms with E-state index in [2.05, 4.69) is 10.3 Å². The molecule has 4 rings (SSSR count). The average Bonchev–Trinajstić information content (AvgIpc) is 3.26. The van der Waals surface area contributed by atoms with Crippen LogP contribution in [-0.4, -0.2) is 57.3 Å². The number of carbonyl (C=O) groups is 2. The molecule has 2 fully saturated rings. The number of hydrogen-bond donors (Lipinski definition) is 4. The fourth-order valence-electron chi connectivity index (χ4n) is 4.45. The summed E-state index contributed by atoms with van der Waals surface area (Å²) >= 11 is 0. The van der Waals surface area contributed by atoms with Crippen LogP contribution in [0.25, 0.3) is 11.1 Å². The lowest BCUT2D eigenvalue weighted by Gasteiger charge is -2.26. The van der Waals surface area contributed by atoms with Gasteiger partial charge in [-0.3, -0.25) is 4.79 Å². The van der Waals surface area contributed by atoms with Crippen molar-refractivity contribution in [1.82, 2.24) is 15.2 Å². The Labute approximate surface area is 181 Å². The van der Waals surface area contributed by atoms with Crippen molar-refractivity contribution in [2.45, 2.75) is 50.2 Å². The minimum absolute atomic E-state index is 0.0371. The molecule has 0 radical (unpaired) electrons. The molecule has 8 nitrogen and oxygen atoms in total. The van der Waals surface area contributed by atoms with Gasteiger partial charge in [0.15, 0.2) is 0 Å². The first kappa shape index (κ1) is 21.1. The Hall–Kier alpha value is -3.13. The van der Waals surface area contributed by atoms with Crippen molar-refractivity contribution in [1.29, 1.82) is 0 Å². The summed E-state index contributed by atoms with van der Waals surface area (Å²) in [6.07, 6.45) is 4.21. The molecule has 8 heteroatoms. The molecule has 1 aliphatic heterocycles. The summed E-state index contributed by atoms with van der Waals surface area (Å²) < 4.78 is 0. The van der Waals surface area contributed by atoms with Crippen molar-refractivity contribution in [3.05, 3.63) is 47.7 Å². The van der Waals surface area contributed by atoms with Crippen molar-refractivity contribution in [2.24, 2.45) is 0 Å². The summed E-state index contributed by atoms with van der Waals surface area (Å²) in [5, 5.41) is 21.8. The number of nitrogens with zero attached hydrogens (tertiary/aromatic N) is 2. The molecule has 2 amide bonds. The van der Waals surface area contributed by atoms with E-state index in [0.717, 1.165) is 36.0 Å². The summed E-state index contributed by atoms with van der Waals surface area (Å²) in [4.78, 5) is 29.6. The predicted molar refractivity (Wildman–Crippen MR) is 117 cm³/mol. The van der Waals surface area contributed by atoms with Gasteiger partial charge in [0.05, 0.1) is 11.7 Å². The maximum absolute atomic E-state index is 12.8. The first-order chi connectivity index (χ1) is 14.9. The Morgan fingerprint density at radius 2 is 1.77 bits per heavy atom. The standard InChI is InChI=1S/C23H28N4O4/c24-21-20(22(29)26-18-5-7-19(28)8-6-18)11-17(12-25-21)15-3-1-14(2-4-15)16-9-10-27(13-16)23(30)31/h1-4,11-12,16,18-19,28H,5-10,13H2,(H2,24,25)(H,26,29)(H,30,31). The number of likely N-dealkylation sites (tertiary alicyclic amines) is 1. The molecule has 2 aromatic rings. The molecule has 1 atom stereocenters. The molecule has 31 heavy (non-hydrogen) atoms. The fraction of sp³-hybridized carbons (Fsp3) is 0.435. The summed E-state index contributed by atoms with van der Waals surface area (Å²) in [7, 11) is 0. The zero-order chi connectivity index (χ0) is 22.0. The van der Waals surface area contributed by atoms with Gasteiger partial charge in [0.25, 0.3) is 5.91 Å². The number of nitrogen functional groups attached to an aromatic ring is 1. The third-order valence-corrected chi connectivity index (χ3v) is 6.37. The molecular formula is C23H28N4O4. The highest BCUT2D eigenvalue weighted by Gasteiger charge is 2.27. The van der Waals surface area contributed by atoms with Gasteiger partial charge in [-0.25, -0.2) is 9.78 Å². The second-order valence-electron chi connectivity index (χ2n) is 8.47. The number of nitrogens with one attached hydrogen (secondary N) is 1. The molecule has 1 aromatic carbocycles. The van der Waals surface area contributed by atoms with E-state index in [0.29, 0.717) is 31.5 Å². The van der Waals surface area contributed by atoms with Gasteiger partial charge in [-0.15, -0.1) is 0 Å². The van der Waals surface area contributed by atoms with Crippen LogP contribution in [0, 0.1) is 0 Å². The Balaban J connectivity index is 1.46. The third kappa shape index (κ3) is 4.80. The van der Waals surface area contributed by atoms with Gasteiger partial charge in [-0.2, -0.15) is 0 Å². The molecule has 0 bridgehead atoms. The second kappa shape index (κ2) is 8.93. The van der Waals surface area contributed by atoms with E-state index in [9.17, 15) is 14.7 Å². The minimum atomic E-state index is -0.873. The van der Waals surface area contributed by atoms with Crippen LogP contribution in [0.2, 0.25) is 0 Å². The van der Waals surface area contributed by atoms with Crippen molar-refractivity contribution in [3.8, 4) is 11.1 Å². The van der Waals surface area contributed by atoms with E-state index in [1.807, 2.05) is 24.3 Å². The molecule has 1 saturated carbocycles. The van der Waals surface area contributed by atoms with Crippen LogP contribution in [0.5, 0.6) is 0 Å². The minimum Gasteiger partial charge on any atom is -0.465 e. The third-order valence-electron chi connectivity index (χ3n) is 6.37. The highest BCUT2D eigenvalue weighted by molar-refractivity contribution is 5.99. The molecule has 5 N–H and O–H groups in total. The fourth-order valence-corrected chi connectivity index (χ4v) is 4.45. The van der Waals surface area contributed by atoms with Gasteiger partial charge in [0, 0.05) is 36.8 Å². The van der Waals surface area contributed by atoms with E-state index in [1.54, 1.807) is 12.3 Å². The van der Waals surface area contributed by atoms with Gasteiger partial charge in [0.1, 0.15) is 5.82 Å². The van der Waals surface area contributed by atoms with Crippen LogP contribution in [0.3, 0.4) is 0 Å². The summed E-state index contributed by atoms with van der Waals surface area (Å²) in [6, 6.07) is 9.75. The number of pyridine rings is 1. The Morgan fingerprint density at radius 1 is 1.06 bits per heavy atom. The molecule has 164 valence electrons. The number of aliphatic hydroxyl groups excluding tert-OH is 1. The zero-order valence-corrected chi connectivity index (χ0v) is 17.3. The number of rotatable bonds is 4. The van der Waals surface area contributed by atoms with E-state index in [-0.39, 0.29) is 29.8 Å². The highest BCUT2D eigenvalue weighted by Crippen LogP contribution is 2.30. The van der Waals surface area contributed by atoms with Crippen molar-refractivity contribution < 1.29 is 19.8 Å². The normalized spacial score (nSPS) is 23.5. The van der Waals surface area contributed by atoms with Crippen LogP contribution in [0.15, 0.2) is 36.5 Å². The zero-order valence-electron chi connectivity index (χ0n) is 17.3. The summed E-state index contributed by atoms with van der Waals surface area (Å²) in [6.45, 7) is 1.07. The molecule has 1 aliphatic carbocycles. The lowest BCUT2D eigenvalue weighted by atomic mass is 9.93. The monoisotopic (exact) mass is 424 g/mol. The maximum Gasteiger partial charge on any atom is 0.407 e. The van der Waals surface area contributed by atoms with Crippen LogP contribution in [0.4, 0.5) is 10.6 Å². The largest absolute Gasteiger partial charge is 0.465 e. The Morgan fingerprint density at radius 3 is 2.42 bits per heavy atom.